The van der Waals surface area contributed by atoms with E-state index in [1.807, 2.05) is 23.6 Å². The maximum absolute atomic E-state index is 12.9. The molecule has 2 aliphatic heterocycles. The number of nitrogens with zero attached hydrogens (tertiary/aromatic N) is 3. The van der Waals surface area contributed by atoms with Crippen LogP contribution in [0.15, 0.2) is 10.9 Å². The minimum Gasteiger partial charge on any atom is -0.342 e. The van der Waals surface area contributed by atoms with E-state index >= 15 is 0 Å². The van der Waals surface area contributed by atoms with Crippen LogP contribution in [0.4, 0.5) is 0 Å². The fourth-order valence-electron chi connectivity index (χ4n) is 5.49. The summed E-state index contributed by atoms with van der Waals surface area (Å²) in [7, 11) is 0. The van der Waals surface area contributed by atoms with E-state index in [9.17, 15) is 14.4 Å². The lowest BCUT2D eigenvalue weighted by atomic mass is 9.92. The number of nitrogens with one attached hydrogen (secondary N) is 1. The molecule has 7 heteroatoms. The van der Waals surface area contributed by atoms with Gasteiger partial charge in [-0.2, -0.15) is 0 Å². The second kappa shape index (κ2) is 9.53. The Morgan fingerprint density at radius 2 is 1.68 bits per heavy atom. The summed E-state index contributed by atoms with van der Waals surface area (Å²) in [6.07, 6.45) is 7.93. The summed E-state index contributed by atoms with van der Waals surface area (Å²) in [6.45, 7) is 6.78. The van der Waals surface area contributed by atoms with Gasteiger partial charge in [0.15, 0.2) is 0 Å². The van der Waals surface area contributed by atoms with Crippen LogP contribution in [-0.2, 0) is 9.59 Å². The van der Waals surface area contributed by atoms with Crippen LogP contribution in [0.25, 0.3) is 0 Å². The van der Waals surface area contributed by atoms with Crippen molar-refractivity contribution in [3.8, 4) is 0 Å². The normalized spacial score (nSPS) is 23.5. The SMILES string of the molecule is CC(C)C(=O)N1CCC(c2nc([C@@H]3CCCN(C(=O)C4CCCC4)C3)cc(=O)[nH]2)CC1. The minimum atomic E-state index is -0.111. The number of piperidine rings is 2. The van der Waals surface area contributed by atoms with E-state index in [-0.39, 0.29) is 35.1 Å². The molecule has 0 spiro atoms. The van der Waals surface area contributed by atoms with Crippen molar-refractivity contribution >= 4 is 11.8 Å². The lowest BCUT2D eigenvalue weighted by Crippen LogP contribution is -2.42. The zero-order valence-corrected chi connectivity index (χ0v) is 18.9. The molecule has 0 radical (unpaired) electrons. The summed E-state index contributed by atoms with van der Waals surface area (Å²) in [5.41, 5.74) is 0.711. The van der Waals surface area contributed by atoms with E-state index in [2.05, 4.69) is 4.98 Å². The number of hydrogen-bond acceptors (Lipinski definition) is 4. The molecule has 0 aromatic carbocycles. The minimum absolute atomic E-state index is 0.0130. The summed E-state index contributed by atoms with van der Waals surface area (Å²) >= 11 is 0. The Hall–Kier alpha value is -2.18. The standard InChI is InChI=1S/C24H36N4O3/c1-16(2)23(30)27-12-9-17(10-13-27)22-25-20(14-21(29)26-22)19-8-5-11-28(15-19)24(31)18-6-3-4-7-18/h14,16-19H,3-13,15H2,1-2H3,(H,25,26,29)/t19-/m1/s1. The molecular weight excluding hydrogens is 392 g/mol. The molecule has 2 amide bonds. The Morgan fingerprint density at radius 3 is 2.35 bits per heavy atom. The van der Waals surface area contributed by atoms with Crippen molar-refractivity contribution < 1.29 is 9.59 Å². The number of amides is 2. The van der Waals surface area contributed by atoms with E-state index in [0.717, 1.165) is 69.4 Å². The third-order valence-corrected chi connectivity index (χ3v) is 7.32. The topological polar surface area (TPSA) is 86.4 Å². The first-order chi connectivity index (χ1) is 14.9. The molecule has 1 aromatic rings. The van der Waals surface area contributed by atoms with Gasteiger partial charge in [-0.3, -0.25) is 14.4 Å². The number of aromatic amines is 1. The van der Waals surface area contributed by atoms with Gasteiger partial charge in [-0.25, -0.2) is 4.98 Å². The zero-order valence-electron chi connectivity index (χ0n) is 18.9. The number of carbonyl (C=O) groups is 2. The number of hydrogen-bond donors (Lipinski definition) is 1. The number of H-pyrrole nitrogens is 1. The first-order valence-corrected chi connectivity index (χ1v) is 12.1. The van der Waals surface area contributed by atoms with Gasteiger partial charge in [0.25, 0.3) is 5.56 Å². The van der Waals surface area contributed by atoms with Gasteiger partial charge in [0.1, 0.15) is 5.82 Å². The van der Waals surface area contributed by atoms with Crippen molar-refractivity contribution in [2.45, 2.75) is 77.0 Å². The Bertz CT molecular complexity index is 851. The molecule has 1 aliphatic carbocycles. The lowest BCUT2D eigenvalue weighted by molar-refractivity contribution is -0.137. The van der Waals surface area contributed by atoms with Crippen LogP contribution in [0, 0.1) is 11.8 Å². The van der Waals surface area contributed by atoms with Crippen LogP contribution in [0.2, 0.25) is 0 Å². The molecule has 1 saturated carbocycles. The highest BCUT2D eigenvalue weighted by Crippen LogP contribution is 2.32. The molecule has 3 aliphatic rings. The van der Waals surface area contributed by atoms with Crippen LogP contribution in [0.5, 0.6) is 0 Å². The van der Waals surface area contributed by atoms with Crippen molar-refractivity contribution in [2.75, 3.05) is 26.2 Å². The monoisotopic (exact) mass is 428 g/mol. The number of likely N-dealkylation sites (tertiary alicyclic amines) is 2. The molecule has 170 valence electrons. The van der Waals surface area contributed by atoms with Gasteiger partial charge >= 0.3 is 0 Å². The average molecular weight is 429 g/mol. The van der Waals surface area contributed by atoms with Crippen LogP contribution in [0.1, 0.15) is 88.6 Å². The largest absolute Gasteiger partial charge is 0.342 e. The molecule has 3 heterocycles. The van der Waals surface area contributed by atoms with Crippen molar-refractivity contribution in [1.29, 1.82) is 0 Å². The number of aromatic nitrogens is 2. The quantitative estimate of drug-likeness (QED) is 0.799. The third-order valence-electron chi connectivity index (χ3n) is 7.32. The van der Waals surface area contributed by atoms with E-state index in [1.54, 1.807) is 6.07 Å². The van der Waals surface area contributed by atoms with Crippen LogP contribution >= 0.6 is 0 Å². The van der Waals surface area contributed by atoms with Crippen LogP contribution < -0.4 is 5.56 Å². The molecule has 0 bridgehead atoms. The summed E-state index contributed by atoms with van der Waals surface area (Å²) < 4.78 is 0. The third kappa shape index (κ3) is 5.01. The van der Waals surface area contributed by atoms with Crippen molar-refractivity contribution in [1.82, 2.24) is 19.8 Å². The van der Waals surface area contributed by atoms with E-state index in [4.69, 9.17) is 4.98 Å². The Morgan fingerprint density at radius 1 is 0.968 bits per heavy atom. The zero-order chi connectivity index (χ0) is 22.0. The highest BCUT2D eigenvalue weighted by Gasteiger charge is 2.32. The molecule has 1 N–H and O–H groups in total. The summed E-state index contributed by atoms with van der Waals surface area (Å²) in [6, 6.07) is 1.62. The van der Waals surface area contributed by atoms with Crippen LogP contribution in [0.3, 0.4) is 0 Å². The van der Waals surface area contributed by atoms with E-state index < -0.39 is 0 Å². The smallest absolute Gasteiger partial charge is 0.251 e. The maximum atomic E-state index is 12.9. The fraction of sp³-hybridized carbons (Fsp3) is 0.750. The van der Waals surface area contributed by atoms with E-state index in [0.29, 0.717) is 25.5 Å². The predicted octanol–water partition coefficient (Wildman–Crippen LogP) is 3.03. The Balaban J connectivity index is 1.43. The average Bonchev–Trinajstić information content (AvgIpc) is 3.33. The van der Waals surface area contributed by atoms with Gasteiger partial charge in [-0.1, -0.05) is 26.7 Å². The summed E-state index contributed by atoms with van der Waals surface area (Å²) in [5, 5.41) is 0. The van der Waals surface area contributed by atoms with Gasteiger partial charge in [-0.15, -0.1) is 0 Å². The number of carbonyl (C=O) groups excluding carboxylic acids is 2. The van der Waals surface area contributed by atoms with Crippen LogP contribution in [-0.4, -0.2) is 57.8 Å². The highest BCUT2D eigenvalue weighted by molar-refractivity contribution is 5.79. The highest BCUT2D eigenvalue weighted by atomic mass is 16.2. The molecular formula is C24H36N4O3. The lowest BCUT2D eigenvalue weighted by Gasteiger charge is -2.35. The molecule has 4 rings (SSSR count). The van der Waals surface area contributed by atoms with Crippen molar-refractivity contribution in [3.05, 3.63) is 27.9 Å². The first kappa shape index (κ1) is 22.0. The van der Waals surface area contributed by atoms with Crippen molar-refractivity contribution in [2.24, 2.45) is 11.8 Å². The maximum Gasteiger partial charge on any atom is 0.251 e. The van der Waals surface area contributed by atoms with Gasteiger partial charge < -0.3 is 14.8 Å². The van der Waals surface area contributed by atoms with Gasteiger partial charge in [-0.05, 0) is 38.5 Å². The fourth-order valence-corrected chi connectivity index (χ4v) is 5.49. The molecule has 31 heavy (non-hydrogen) atoms. The van der Waals surface area contributed by atoms with E-state index in [1.165, 1.54) is 0 Å². The summed E-state index contributed by atoms with van der Waals surface area (Å²) in [5.74, 6) is 1.75. The predicted molar refractivity (Wildman–Crippen MR) is 119 cm³/mol. The Kier molecular flexibility index (Phi) is 6.77. The van der Waals surface area contributed by atoms with Gasteiger partial charge in [0.05, 0.1) is 5.69 Å². The first-order valence-electron chi connectivity index (χ1n) is 12.1. The molecule has 7 nitrogen and oxygen atoms in total. The molecule has 1 aromatic heterocycles. The molecule has 0 unspecified atom stereocenters. The second-order valence-electron chi connectivity index (χ2n) is 9.91. The molecule has 3 fully saturated rings. The van der Waals surface area contributed by atoms with Gasteiger partial charge in [0.2, 0.25) is 11.8 Å². The van der Waals surface area contributed by atoms with Gasteiger partial charge in [0, 0.05) is 55.9 Å². The molecule has 2 saturated heterocycles. The number of rotatable bonds is 4. The Labute approximate surface area is 184 Å². The molecule has 1 atom stereocenters. The second-order valence-corrected chi connectivity index (χ2v) is 9.91. The summed E-state index contributed by atoms with van der Waals surface area (Å²) in [4.78, 5) is 49.4. The van der Waals surface area contributed by atoms with Crippen molar-refractivity contribution in [3.63, 3.8) is 0 Å².